The summed E-state index contributed by atoms with van der Waals surface area (Å²) in [5.74, 6) is -2.00. The van der Waals surface area contributed by atoms with E-state index in [-0.39, 0.29) is 18.5 Å². The maximum Gasteiger partial charge on any atom is 0.419 e. The van der Waals surface area contributed by atoms with Gasteiger partial charge < -0.3 is 45.2 Å². The summed E-state index contributed by atoms with van der Waals surface area (Å²) in [5, 5.41) is 10.1. The molecule has 1 heterocycles. The summed E-state index contributed by atoms with van der Waals surface area (Å²) in [6.07, 6.45) is 4.92. The first-order valence-corrected chi connectivity index (χ1v) is 16.0. The Morgan fingerprint density at radius 2 is 1.58 bits per heavy atom. The van der Waals surface area contributed by atoms with Crippen LogP contribution in [0.2, 0.25) is 6.32 Å². The van der Waals surface area contributed by atoms with Crippen molar-refractivity contribution in [1.82, 2.24) is 35.7 Å². The average Bonchev–Trinajstić information content (AvgIpc) is 3.43. The molecular formula is C32H53BFmN7O9-. The first-order valence-electron chi connectivity index (χ1n) is 16.0. The quantitative estimate of drug-likeness (QED) is 0.0619. The van der Waals surface area contributed by atoms with Crippen LogP contribution in [-0.4, -0.2) is 114 Å². The Labute approximate surface area is 290 Å². The number of hydrogen-bond donors (Lipinski definition) is 4. The minimum Gasteiger partial charge on any atom is -0.530 e. The van der Waals surface area contributed by atoms with E-state index in [1.807, 2.05) is 6.92 Å². The van der Waals surface area contributed by atoms with Gasteiger partial charge in [0.2, 0.25) is 17.7 Å². The number of unbranched alkanes of at least 4 members (excludes halogenated alkanes) is 1. The fourth-order valence-corrected chi connectivity index (χ4v) is 3.86. The van der Waals surface area contributed by atoms with Crippen LogP contribution in [0.15, 0.2) is 12.5 Å². The van der Waals surface area contributed by atoms with Crippen molar-refractivity contribution in [3.63, 3.8) is 0 Å². The number of nitrogens with one attached hydrogen (secondary N) is 4. The van der Waals surface area contributed by atoms with Crippen molar-refractivity contribution in [2.24, 2.45) is 0 Å². The monoisotopic (exact) mass is 947 g/mol. The summed E-state index contributed by atoms with van der Waals surface area (Å²) in [4.78, 5) is 91.5. The number of ether oxygens (including phenoxy) is 2. The first kappa shape index (κ1) is 46.7. The van der Waals surface area contributed by atoms with E-state index in [9.17, 15) is 33.6 Å². The predicted octanol–water partition coefficient (Wildman–Crippen LogP) is 1.56. The zero-order chi connectivity index (χ0) is 38.0. The Hall–Kier alpha value is -5.44. The van der Waals surface area contributed by atoms with E-state index >= 15 is 0 Å². The minimum atomic E-state index is -1.25. The molecule has 5 amide bonds. The van der Waals surface area contributed by atoms with Gasteiger partial charge in [-0.2, -0.15) is 6.41 Å². The van der Waals surface area contributed by atoms with Gasteiger partial charge in [-0.1, -0.05) is 13.2 Å². The zero-order valence-corrected chi connectivity index (χ0v) is 33.1. The van der Waals surface area contributed by atoms with Gasteiger partial charge in [-0.15, -0.1) is 0 Å². The molecule has 0 aromatic carbocycles. The van der Waals surface area contributed by atoms with Crippen LogP contribution in [0.1, 0.15) is 87.3 Å². The van der Waals surface area contributed by atoms with Crippen LogP contribution < -0.4 is 21.3 Å². The van der Waals surface area contributed by atoms with Crippen molar-refractivity contribution in [2.75, 3.05) is 20.1 Å². The Morgan fingerprint density at radius 3 is 2.10 bits per heavy atom. The summed E-state index contributed by atoms with van der Waals surface area (Å²) in [6.45, 7) is 14.8. The van der Waals surface area contributed by atoms with E-state index in [4.69, 9.17) is 17.3 Å². The van der Waals surface area contributed by atoms with Crippen molar-refractivity contribution in [1.29, 1.82) is 0 Å². The first-order chi connectivity index (χ1) is 22.6. The second-order valence-electron chi connectivity index (χ2n) is 13.7. The largest absolute Gasteiger partial charge is 0.530 e. The Kier molecular flexibility index (Phi) is 20.1. The Morgan fingerprint density at radius 1 is 1.00 bits per heavy atom. The van der Waals surface area contributed by atoms with Crippen molar-refractivity contribution in [2.45, 2.75) is 123 Å². The number of nitrogens with zero attached hydrogens (tertiary/aromatic N) is 3. The molecule has 50 heavy (non-hydrogen) atoms. The molecule has 0 aliphatic rings. The van der Waals surface area contributed by atoms with E-state index in [2.05, 4.69) is 26.3 Å². The molecule has 0 saturated heterocycles. The third-order valence-electron chi connectivity index (χ3n) is 5.91. The van der Waals surface area contributed by atoms with E-state index in [1.165, 1.54) is 33.4 Å². The second kappa shape index (κ2) is 21.5. The number of likely N-dealkylation sites (N-methyl/N-ethyl adjacent to an activating group) is 1. The molecule has 1 aromatic rings. The summed E-state index contributed by atoms with van der Waals surface area (Å²) in [6, 6.07) is -2.29. The average molecular weight is 948 g/mol. The van der Waals surface area contributed by atoms with Crippen LogP contribution in [0.25, 0.3) is 0 Å². The molecule has 2 radical (unpaired) electrons. The number of imidazole rings is 1. The molecule has 1 aromatic heterocycles. The fraction of sp³-hybridized carbons (Fsp3) is 0.688. The van der Waals surface area contributed by atoms with Crippen LogP contribution in [-0.2, 0) is 39.9 Å². The van der Waals surface area contributed by atoms with Gasteiger partial charge in [-0.05, 0) is 81.2 Å². The van der Waals surface area contributed by atoms with Crippen molar-refractivity contribution in [3.8, 4) is 0 Å². The number of amides is 5. The second-order valence-corrected chi connectivity index (χ2v) is 13.7. The van der Waals surface area contributed by atoms with Gasteiger partial charge in [0.05, 0.1) is 25.6 Å². The number of carbonyl (C=O) groups excluding carboxylic acids is 7. The molecule has 0 aliphatic heterocycles. The predicted molar refractivity (Wildman–Crippen MR) is 182 cm³/mol. The van der Waals surface area contributed by atoms with Crippen LogP contribution in [0.5, 0.6) is 0 Å². The van der Waals surface area contributed by atoms with E-state index in [0.717, 1.165) is 15.8 Å². The number of alkyl carbamates (subject to hydrolysis) is 1. The van der Waals surface area contributed by atoms with Gasteiger partial charge in [-0.25, -0.2) is 19.1 Å². The summed E-state index contributed by atoms with van der Waals surface area (Å²) in [5.41, 5.74) is -2.55. The molecule has 0 fully saturated rings. The van der Waals surface area contributed by atoms with Gasteiger partial charge in [0.15, 0.2) is 0 Å². The molecule has 0 unspecified atom stereocenters. The molecule has 0 saturated carbocycles. The number of rotatable bonds is 16. The molecule has 1 rings (SSSR count). The topological polar surface area (TPSA) is 207 Å². The van der Waals surface area contributed by atoms with Crippen molar-refractivity contribution < 1.29 is 43.0 Å². The van der Waals surface area contributed by atoms with Gasteiger partial charge in [-0.3, -0.25) is 14.4 Å². The summed E-state index contributed by atoms with van der Waals surface area (Å²) >= 11 is 0. The minimum absolute atomic E-state index is 0. The number of carbonyl (C=O) groups is 6. The normalized spacial score (nSPS) is 12.3. The number of aromatic nitrogens is 2. The number of hydrogen-bond acceptors (Lipinski definition) is 10. The maximum atomic E-state index is 13.3. The molecule has 4 N–H and O–H groups in total. The van der Waals surface area contributed by atoms with Crippen LogP contribution in [0, 0.1) is 0 Å². The Bertz CT molecular complexity index is 1260. The molecule has 18 heteroatoms. The molecular weight excluding hydrogens is 894 g/mol. The maximum absolute atomic E-state index is 13.3. The molecule has 286 valence electrons. The van der Waals surface area contributed by atoms with Gasteiger partial charge >= 0.3 is 12.2 Å². The molecule has 0 aliphatic carbocycles. The van der Waals surface area contributed by atoms with Crippen LogP contribution in [0.4, 0.5) is 9.59 Å². The van der Waals surface area contributed by atoms with Crippen LogP contribution in [0.3, 0.4) is 0 Å². The van der Waals surface area contributed by atoms with Gasteiger partial charge in [0, 0.05) is 19.7 Å². The molecule has 16 nitrogen and oxygen atoms in total. The van der Waals surface area contributed by atoms with E-state index < -0.39 is 65.3 Å². The smallest absolute Gasteiger partial charge is 0.419 e. The van der Waals surface area contributed by atoms with E-state index in [0.29, 0.717) is 25.7 Å². The fourth-order valence-electron chi connectivity index (χ4n) is 3.86. The summed E-state index contributed by atoms with van der Waals surface area (Å²) in [7, 11) is 6.21. The SMILES string of the molecule is CN(CC(=O)N[C@@H](Cc1cn(C(=O)OC(C)(C)C)cn1)C(=O)NC(C)(C)C=O)C(=O)[C@H](CCCCN[C-]=O)NC(=O)OC(C)(C)C.[B]CC.[Fm]. The summed E-state index contributed by atoms with van der Waals surface area (Å²) < 4.78 is 11.7. The standard InChI is InChI=1S/C30H48N7O9.C2H5B.Fm/c1-28(2,3)45-26(43)34-21(12-10-11-13-31-19-39)25(42)36(9)16-23(40)33-22(24(41)35-30(7,8)17-38)14-20-15-37(18-32-20)27(44)46-29(4,5)6;1-2-3;/h15,17-18,21-22H,10-14,16H2,1-9H3,(H,31,39)(H,33,40)(H,34,43)(H,35,41);2H2,1H3;/q-1;;/t21-,22-;;/m0../s1. The Balaban J connectivity index is 0. The zero-order valence-electron chi connectivity index (χ0n) is 30.7. The molecule has 0 bridgehead atoms. The van der Waals surface area contributed by atoms with Crippen LogP contribution >= 0.6 is 0 Å². The van der Waals surface area contributed by atoms with E-state index in [1.54, 1.807) is 48.0 Å². The molecule has 0 spiro atoms. The third kappa shape index (κ3) is 20.0. The number of aldehydes is 1. The third-order valence-corrected chi connectivity index (χ3v) is 5.91. The molecule has 2 atom stereocenters. The van der Waals surface area contributed by atoms with Gasteiger partial charge in [0.1, 0.15) is 35.9 Å². The van der Waals surface area contributed by atoms with Crippen molar-refractivity contribution in [3.05, 3.63) is 18.2 Å². The van der Waals surface area contributed by atoms with Crippen molar-refractivity contribution >= 4 is 50.5 Å². The van der Waals surface area contributed by atoms with Gasteiger partial charge in [0.25, 0.3) is 0 Å².